The zero-order valence-corrected chi connectivity index (χ0v) is 13.3. The number of hydrogen-bond acceptors (Lipinski definition) is 2. The number of fused-ring (bicyclic) bond motifs is 1. The van der Waals surface area contributed by atoms with E-state index in [2.05, 4.69) is 4.98 Å². The largest absolute Gasteiger partial charge is 0.337 e. The minimum Gasteiger partial charge on any atom is -0.337 e. The summed E-state index contributed by atoms with van der Waals surface area (Å²) in [6.45, 7) is 0.353. The van der Waals surface area contributed by atoms with Crippen molar-refractivity contribution in [1.29, 1.82) is 0 Å². The quantitative estimate of drug-likeness (QED) is 0.801. The highest BCUT2D eigenvalue weighted by Gasteiger charge is 2.13. The Morgan fingerprint density at radius 3 is 2.57 bits per heavy atom. The van der Waals surface area contributed by atoms with Crippen LogP contribution in [0.15, 0.2) is 59.4 Å². The van der Waals surface area contributed by atoms with Crippen LogP contribution >= 0.6 is 11.6 Å². The van der Waals surface area contributed by atoms with E-state index < -0.39 is 0 Å². The van der Waals surface area contributed by atoms with Crippen molar-refractivity contribution in [3.63, 3.8) is 0 Å². The molecule has 3 rings (SSSR count). The molecule has 4 nitrogen and oxygen atoms in total. The molecular formula is C18H15ClN2O2. The molecule has 23 heavy (non-hydrogen) atoms. The van der Waals surface area contributed by atoms with Crippen LogP contribution in [0.1, 0.15) is 15.9 Å². The molecule has 0 saturated heterocycles. The van der Waals surface area contributed by atoms with Gasteiger partial charge in [-0.15, -0.1) is 0 Å². The zero-order chi connectivity index (χ0) is 16.4. The Bertz CT molecular complexity index is 916. The monoisotopic (exact) mass is 326 g/mol. The van der Waals surface area contributed by atoms with Crippen molar-refractivity contribution in [2.75, 3.05) is 7.05 Å². The van der Waals surface area contributed by atoms with E-state index in [1.807, 2.05) is 24.3 Å². The standard InChI is InChI=1S/C18H15ClN2O2/c1-21(18(23)12-6-8-14(19)9-7-12)11-13-10-17(22)20-16-5-3-2-4-15(13)16/h2-10H,11H2,1H3,(H,20,22). The number of nitrogens with zero attached hydrogens (tertiary/aromatic N) is 1. The number of rotatable bonds is 3. The fourth-order valence-electron chi connectivity index (χ4n) is 2.55. The highest BCUT2D eigenvalue weighted by molar-refractivity contribution is 6.30. The third-order valence-electron chi connectivity index (χ3n) is 3.68. The van der Waals surface area contributed by atoms with Gasteiger partial charge in [-0.1, -0.05) is 29.8 Å². The number of pyridine rings is 1. The number of nitrogens with one attached hydrogen (secondary N) is 1. The average Bonchev–Trinajstić information content (AvgIpc) is 2.54. The lowest BCUT2D eigenvalue weighted by Gasteiger charge is -2.18. The second-order valence-corrected chi connectivity index (χ2v) is 5.81. The van der Waals surface area contributed by atoms with Crippen LogP contribution in [0.25, 0.3) is 10.9 Å². The Morgan fingerprint density at radius 1 is 1.13 bits per heavy atom. The minimum absolute atomic E-state index is 0.119. The van der Waals surface area contributed by atoms with Gasteiger partial charge in [-0.25, -0.2) is 0 Å². The third kappa shape index (κ3) is 3.27. The van der Waals surface area contributed by atoms with Gasteiger partial charge in [0.2, 0.25) is 5.56 Å². The number of carbonyl (C=O) groups excluding carboxylic acids is 1. The first-order chi connectivity index (χ1) is 11.0. The Kier molecular flexibility index (Phi) is 4.17. The summed E-state index contributed by atoms with van der Waals surface area (Å²) < 4.78 is 0. The summed E-state index contributed by atoms with van der Waals surface area (Å²) in [5.74, 6) is -0.119. The maximum absolute atomic E-state index is 12.5. The minimum atomic E-state index is -0.175. The fourth-order valence-corrected chi connectivity index (χ4v) is 2.67. The summed E-state index contributed by atoms with van der Waals surface area (Å²) in [6.07, 6.45) is 0. The van der Waals surface area contributed by atoms with E-state index in [9.17, 15) is 9.59 Å². The predicted molar refractivity (Wildman–Crippen MR) is 91.8 cm³/mol. The van der Waals surface area contributed by atoms with Crippen molar-refractivity contribution in [1.82, 2.24) is 9.88 Å². The number of para-hydroxylation sites is 1. The van der Waals surface area contributed by atoms with Crippen LogP contribution in [0.2, 0.25) is 5.02 Å². The van der Waals surface area contributed by atoms with E-state index in [-0.39, 0.29) is 11.5 Å². The van der Waals surface area contributed by atoms with Gasteiger partial charge in [0.05, 0.1) is 0 Å². The van der Waals surface area contributed by atoms with E-state index in [1.54, 1.807) is 36.2 Å². The number of benzene rings is 2. The number of halogens is 1. The van der Waals surface area contributed by atoms with Gasteiger partial charge in [-0.2, -0.15) is 0 Å². The van der Waals surface area contributed by atoms with Gasteiger partial charge in [0.1, 0.15) is 0 Å². The van der Waals surface area contributed by atoms with Crippen molar-refractivity contribution < 1.29 is 4.79 Å². The molecule has 0 aliphatic rings. The molecule has 1 heterocycles. The summed E-state index contributed by atoms with van der Waals surface area (Å²) in [5.41, 5.74) is 1.97. The topological polar surface area (TPSA) is 53.2 Å². The molecule has 5 heteroatoms. The van der Waals surface area contributed by atoms with Crippen molar-refractivity contribution in [3.05, 3.63) is 81.1 Å². The molecule has 1 aromatic heterocycles. The van der Waals surface area contributed by atoms with Crippen LogP contribution in [-0.2, 0) is 6.54 Å². The molecule has 1 amide bonds. The van der Waals surface area contributed by atoms with Crippen LogP contribution in [0, 0.1) is 0 Å². The lowest BCUT2D eigenvalue weighted by molar-refractivity contribution is 0.0785. The number of aromatic nitrogens is 1. The van der Waals surface area contributed by atoms with E-state index in [0.29, 0.717) is 17.1 Å². The third-order valence-corrected chi connectivity index (χ3v) is 3.93. The van der Waals surface area contributed by atoms with E-state index in [4.69, 9.17) is 11.6 Å². The number of hydrogen-bond donors (Lipinski definition) is 1. The lowest BCUT2D eigenvalue weighted by atomic mass is 10.1. The van der Waals surface area contributed by atoms with Gasteiger partial charge >= 0.3 is 0 Å². The molecule has 0 saturated carbocycles. The average molecular weight is 327 g/mol. The molecule has 0 unspecified atom stereocenters. The van der Waals surface area contributed by atoms with Crippen LogP contribution < -0.4 is 5.56 Å². The molecule has 0 atom stereocenters. The zero-order valence-electron chi connectivity index (χ0n) is 12.5. The molecule has 0 spiro atoms. The molecule has 1 N–H and O–H groups in total. The van der Waals surface area contributed by atoms with Gasteiger partial charge < -0.3 is 9.88 Å². The van der Waals surface area contributed by atoms with Gasteiger partial charge in [0.25, 0.3) is 5.91 Å². The number of amides is 1. The van der Waals surface area contributed by atoms with Gasteiger partial charge in [-0.3, -0.25) is 9.59 Å². The van der Waals surface area contributed by atoms with Crippen molar-refractivity contribution in [2.45, 2.75) is 6.54 Å². The first-order valence-electron chi connectivity index (χ1n) is 7.16. The number of carbonyl (C=O) groups is 1. The Labute approximate surface area is 138 Å². The van der Waals surface area contributed by atoms with Crippen LogP contribution in [0.4, 0.5) is 0 Å². The Hall–Kier alpha value is -2.59. The first kappa shape index (κ1) is 15.3. The highest BCUT2D eigenvalue weighted by atomic mass is 35.5. The molecule has 0 bridgehead atoms. The van der Waals surface area contributed by atoms with Crippen molar-refractivity contribution in [3.8, 4) is 0 Å². The number of H-pyrrole nitrogens is 1. The lowest BCUT2D eigenvalue weighted by Crippen LogP contribution is -2.27. The molecular weight excluding hydrogens is 312 g/mol. The summed E-state index contributed by atoms with van der Waals surface area (Å²) in [5, 5.41) is 1.52. The van der Waals surface area contributed by atoms with Crippen LogP contribution in [0.5, 0.6) is 0 Å². The van der Waals surface area contributed by atoms with Crippen molar-refractivity contribution >= 4 is 28.4 Å². The summed E-state index contributed by atoms with van der Waals surface area (Å²) in [6, 6.07) is 15.8. The second kappa shape index (κ2) is 6.26. The van der Waals surface area contributed by atoms with Gasteiger partial charge in [-0.05, 0) is 35.9 Å². The van der Waals surface area contributed by atoms with E-state index >= 15 is 0 Å². The number of aromatic amines is 1. The maximum Gasteiger partial charge on any atom is 0.253 e. The molecule has 3 aromatic rings. The smallest absolute Gasteiger partial charge is 0.253 e. The molecule has 116 valence electrons. The normalized spacial score (nSPS) is 10.7. The fraction of sp³-hybridized carbons (Fsp3) is 0.111. The summed E-state index contributed by atoms with van der Waals surface area (Å²) >= 11 is 5.85. The Morgan fingerprint density at radius 2 is 1.83 bits per heavy atom. The summed E-state index contributed by atoms with van der Waals surface area (Å²) in [4.78, 5) is 28.7. The molecule has 2 aromatic carbocycles. The van der Waals surface area contributed by atoms with E-state index in [1.165, 1.54) is 6.07 Å². The van der Waals surface area contributed by atoms with Crippen LogP contribution in [0.3, 0.4) is 0 Å². The highest BCUT2D eigenvalue weighted by Crippen LogP contribution is 2.17. The first-order valence-corrected chi connectivity index (χ1v) is 7.54. The SMILES string of the molecule is CN(Cc1cc(=O)[nH]c2ccccc12)C(=O)c1ccc(Cl)cc1. The molecule has 0 fully saturated rings. The predicted octanol–water partition coefficient (Wildman–Crippen LogP) is 3.45. The van der Waals surface area contributed by atoms with Crippen LogP contribution in [-0.4, -0.2) is 22.8 Å². The maximum atomic E-state index is 12.5. The molecule has 0 aliphatic heterocycles. The second-order valence-electron chi connectivity index (χ2n) is 5.37. The summed E-state index contributed by atoms with van der Waals surface area (Å²) in [7, 11) is 1.72. The Balaban J connectivity index is 1.91. The van der Waals surface area contributed by atoms with E-state index in [0.717, 1.165) is 16.5 Å². The molecule has 0 radical (unpaired) electrons. The molecule has 0 aliphatic carbocycles. The van der Waals surface area contributed by atoms with Gasteiger partial charge in [0.15, 0.2) is 0 Å². The van der Waals surface area contributed by atoms with Gasteiger partial charge in [0, 0.05) is 41.1 Å². The van der Waals surface area contributed by atoms with Crippen molar-refractivity contribution in [2.24, 2.45) is 0 Å².